The zero-order valence-electron chi connectivity index (χ0n) is 12.9. The van der Waals surface area contributed by atoms with Gasteiger partial charge in [-0.15, -0.1) is 0 Å². The van der Waals surface area contributed by atoms with E-state index >= 15 is 0 Å². The third kappa shape index (κ3) is 3.08. The fraction of sp³-hybridized carbons (Fsp3) is 0.176. The number of fused-ring (bicyclic) bond motifs is 2. The summed E-state index contributed by atoms with van der Waals surface area (Å²) >= 11 is 7.20. The van der Waals surface area contributed by atoms with Crippen molar-refractivity contribution in [2.75, 3.05) is 6.79 Å². The highest BCUT2D eigenvalue weighted by Gasteiger charge is 2.16. The molecule has 0 amide bonds. The van der Waals surface area contributed by atoms with Crippen molar-refractivity contribution in [3.8, 4) is 11.5 Å². The molecule has 2 aromatic carbocycles. The molecule has 1 aliphatic heterocycles. The minimum atomic E-state index is -0.514. The summed E-state index contributed by atoms with van der Waals surface area (Å²) in [7, 11) is 0. The molecular weight excluding hydrogens is 366 g/mol. The van der Waals surface area contributed by atoms with Crippen LogP contribution in [0.5, 0.6) is 11.5 Å². The first-order valence-corrected chi connectivity index (χ1v) is 8.63. The van der Waals surface area contributed by atoms with Crippen LogP contribution in [-0.4, -0.2) is 17.3 Å². The average Bonchev–Trinajstić information content (AvgIpc) is 3.18. The Hall–Kier alpha value is -2.51. The van der Waals surface area contributed by atoms with Crippen molar-refractivity contribution in [2.24, 2.45) is 0 Å². The highest BCUT2D eigenvalue weighted by molar-refractivity contribution is 7.16. The van der Waals surface area contributed by atoms with Crippen LogP contribution < -0.4 is 14.3 Å². The number of thiazole rings is 1. The zero-order chi connectivity index (χ0) is 17.4. The molecule has 8 heteroatoms. The fourth-order valence-electron chi connectivity index (χ4n) is 2.59. The molecule has 0 bridgehead atoms. The van der Waals surface area contributed by atoms with Crippen LogP contribution in [0, 0.1) is 0 Å². The molecule has 0 fully saturated rings. The van der Waals surface area contributed by atoms with Crippen LogP contribution in [-0.2, 0) is 22.7 Å². The first-order chi connectivity index (χ1) is 12.1. The molecule has 0 unspecified atom stereocenters. The van der Waals surface area contributed by atoms with E-state index in [-0.39, 0.29) is 24.8 Å². The van der Waals surface area contributed by atoms with Gasteiger partial charge < -0.3 is 14.2 Å². The summed E-state index contributed by atoms with van der Waals surface area (Å²) in [4.78, 5) is 24.0. The summed E-state index contributed by atoms with van der Waals surface area (Å²) in [5, 5.41) is 0.430. The average molecular weight is 378 g/mol. The number of rotatable bonds is 4. The van der Waals surface area contributed by atoms with E-state index in [4.69, 9.17) is 25.8 Å². The second-order valence-electron chi connectivity index (χ2n) is 5.39. The van der Waals surface area contributed by atoms with Gasteiger partial charge in [-0.1, -0.05) is 35.1 Å². The molecule has 1 aliphatic rings. The molecular formula is C17H12ClNO5S. The molecule has 3 aromatic rings. The number of ether oxygens (including phenoxy) is 3. The molecule has 2 heterocycles. The van der Waals surface area contributed by atoms with Gasteiger partial charge in [0.05, 0.1) is 15.2 Å². The normalized spacial score (nSPS) is 12.5. The molecule has 4 rings (SSSR count). The van der Waals surface area contributed by atoms with Crippen molar-refractivity contribution in [3.63, 3.8) is 0 Å². The second-order valence-corrected chi connectivity index (χ2v) is 6.79. The predicted molar refractivity (Wildman–Crippen MR) is 93.5 cm³/mol. The number of hydrogen-bond acceptors (Lipinski definition) is 6. The first-order valence-electron chi connectivity index (χ1n) is 7.44. The molecule has 0 saturated heterocycles. The van der Waals surface area contributed by atoms with Crippen LogP contribution >= 0.6 is 22.9 Å². The van der Waals surface area contributed by atoms with Gasteiger partial charge in [0.15, 0.2) is 11.5 Å². The second kappa shape index (κ2) is 6.42. The van der Waals surface area contributed by atoms with E-state index in [1.807, 2.05) is 0 Å². The molecule has 128 valence electrons. The van der Waals surface area contributed by atoms with Gasteiger partial charge in [0.25, 0.3) is 0 Å². The Morgan fingerprint density at radius 1 is 1.24 bits per heavy atom. The Bertz CT molecular complexity index is 1030. The summed E-state index contributed by atoms with van der Waals surface area (Å²) in [6.07, 6.45) is 0. The van der Waals surface area contributed by atoms with Gasteiger partial charge in [0, 0.05) is 0 Å². The van der Waals surface area contributed by atoms with E-state index < -0.39 is 5.97 Å². The maximum absolute atomic E-state index is 12.1. The van der Waals surface area contributed by atoms with E-state index in [1.54, 1.807) is 36.4 Å². The third-order valence-electron chi connectivity index (χ3n) is 3.76. The Labute approximate surface area is 151 Å². The number of benzene rings is 2. The number of hydrogen-bond donors (Lipinski definition) is 0. The van der Waals surface area contributed by atoms with Crippen LogP contribution in [0.25, 0.3) is 10.2 Å². The Kier molecular flexibility index (Phi) is 4.10. The standard InChI is InChI=1S/C17H12ClNO5S/c18-11-2-1-3-14-16(11)19(17(21)25-14)7-15(20)22-8-10-4-5-12-13(6-10)24-9-23-12/h1-6H,7-9H2. The molecule has 6 nitrogen and oxygen atoms in total. The number of carbonyl (C=O) groups excluding carboxylic acids is 1. The van der Waals surface area contributed by atoms with Crippen LogP contribution in [0.3, 0.4) is 0 Å². The molecule has 0 N–H and O–H groups in total. The van der Waals surface area contributed by atoms with Crippen LogP contribution in [0.2, 0.25) is 5.02 Å². The zero-order valence-corrected chi connectivity index (χ0v) is 14.4. The molecule has 0 spiro atoms. The van der Waals surface area contributed by atoms with Crippen molar-refractivity contribution in [1.82, 2.24) is 4.57 Å². The maximum Gasteiger partial charge on any atom is 0.326 e. The Balaban J connectivity index is 1.48. The Morgan fingerprint density at radius 3 is 2.96 bits per heavy atom. The van der Waals surface area contributed by atoms with Gasteiger partial charge in [-0.25, -0.2) is 0 Å². The van der Waals surface area contributed by atoms with E-state index in [2.05, 4.69) is 0 Å². The number of carbonyl (C=O) groups is 1. The van der Waals surface area contributed by atoms with Gasteiger partial charge in [0.1, 0.15) is 13.2 Å². The van der Waals surface area contributed by atoms with Crippen molar-refractivity contribution in [3.05, 3.63) is 56.7 Å². The van der Waals surface area contributed by atoms with E-state index in [0.717, 1.165) is 21.6 Å². The lowest BCUT2D eigenvalue weighted by Crippen LogP contribution is -2.21. The predicted octanol–water partition coefficient (Wildman–Crippen LogP) is 3.19. The summed E-state index contributed by atoms with van der Waals surface area (Å²) in [6, 6.07) is 10.6. The lowest BCUT2D eigenvalue weighted by molar-refractivity contribution is -0.145. The number of esters is 1. The number of aromatic nitrogens is 1. The molecule has 0 radical (unpaired) electrons. The molecule has 25 heavy (non-hydrogen) atoms. The van der Waals surface area contributed by atoms with Gasteiger partial charge in [-0.3, -0.25) is 14.2 Å². The van der Waals surface area contributed by atoms with Crippen molar-refractivity contribution in [1.29, 1.82) is 0 Å². The number of nitrogens with zero attached hydrogens (tertiary/aromatic N) is 1. The monoisotopic (exact) mass is 377 g/mol. The van der Waals surface area contributed by atoms with Crippen molar-refractivity contribution >= 4 is 39.1 Å². The summed E-state index contributed by atoms with van der Waals surface area (Å²) in [6.45, 7) is 0.0840. The molecule has 0 aliphatic carbocycles. The lowest BCUT2D eigenvalue weighted by Gasteiger charge is -2.07. The Morgan fingerprint density at radius 2 is 2.08 bits per heavy atom. The topological polar surface area (TPSA) is 66.8 Å². The minimum absolute atomic E-state index is 0.0834. The largest absolute Gasteiger partial charge is 0.459 e. The minimum Gasteiger partial charge on any atom is -0.459 e. The quantitative estimate of drug-likeness (QED) is 0.653. The van der Waals surface area contributed by atoms with Crippen molar-refractivity contribution < 1.29 is 19.0 Å². The molecule has 0 saturated carbocycles. The van der Waals surface area contributed by atoms with Crippen LogP contribution in [0.4, 0.5) is 0 Å². The van der Waals surface area contributed by atoms with Crippen LogP contribution in [0.1, 0.15) is 5.56 Å². The van der Waals surface area contributed by atoms with E-state index in [9.17, 15) is 9.59 Å². The highest BCUT2D eigenvalue weighted by atomic mass is 35.5. The maximum atomic E-state index is 12.1. The van der Waals surface area contributed by atoms with E-state index in [1.165, 1.54) is 4.57 Å². The molecule has 0 atom stereocenters. The SMILES string of the molecule is O=C(Cn1c(=O)sc2cccc(Cl)c21)OCc1ccc2c(c1)OCO2. The highest BCUT2D eigenvalue weighted by Crippen LogP contribution is 2.32. The lowest BCUT2D eigenvalue weighted by atomic mass is 10.2. The fourth-order valence-corrected chi connectivity index (χ4v) is 3.84. The van der Waals surface area contributed by atoms with Gasteiger partial charge in [-0.2, -0.15) is 0 Å². The number of halogens is 1. The van der Waals surface area contributed by atoms with E-state index in [0.29, 0.717) is 22.0 Å². The van der Waals surface area contributed by atoms with Gasteiger partial charge in [0.2, 0.25) is 6.79 Å². The van der Waals surface area contributed by atoms with Crippen LogP contribution in [0.15, 0.2) is 41.2 Å². The van der Waals surface area contributed by atoms with Gasteiger partial charge in [-0.05, 0) is 29.8 Å². The smallest absolute Gasteiger partial charge is 0.326 e. The molecule has 1 aromatic heterocycles. The van der Waals surface area contributed by atoms with Crippen molar-refractivity contribution in [2.45, 2.75) is 13.2 Å². The summed E-state index contributed by atoms with van der Waals surface area (Å²) in [5.74, 6) is 0.778. The third-order valence-corrected chi connectivity index (χ3v) is 5.01. The van der Waals surface area contributed by atoms with Gasteiger partial charge >= 0.3 is 10.8 Å². The first kappa shape index (κ1) is 16.0. The summed E-state index contributed by atoms with van der Waals surface area (Å²) < 4.78 is 17.9. The summed E-state index contributed by atoms with van der Waals surface area (Å²) in [5.41, 5.74) is 1.33. The number of para-hydroxylation sites is 1.